The molecule has 0 aromatic carbocycles. The van der Waals surface area contributed by atoms with E-state index in [2.05, 4.69) is 10.2 Å². The molecule has 0 bridgehead atoms. The molecule has 1 N–H and O–H groups in total. The number of ether oxygens (including phenoxy) is 1. The van der Waals surface area contributed by atoms with Crippen molar-refractivity contribution in [1.29, 1.82) is 0 Å². The standard InChI is InChI=1S/C20H29N5O2S/c1-13(20(26)24(2)3)21-18-17-14-6-4-5-7-15(14)28-19(17)23-16(22-18)12-25-8-10-27-11-9-25/h13H,4-12H2,1-3H3,(H,21,22,23)/t13-/m0/s1. The fourth-order valence-electron chi connectivity index (χ4n) is 3.99. The Balaban J connectivity index is 1.70. The number of thiophene rings is 1. The number of rotatable bonds is 5. The average molecular weight is 404 g/mol. The van der Waals surface area contributed by atoms with Gasteiger partial charge in [0.05, 0.1) is 25.1 Å². The summed E-state index contributed by atoms with van der Waals surface area (Å²) in [6.07, 6.45) is 4.65. The first-order valence-corrected chi connectivity index (χ1v) is 10.9. The van der Waals surface area contributed by atoms with E-state index >= 15 is 0 Å². The normalized spacial score (nSPS) is 18.7. The maximum absolute atomic E-state index is 12.4. The number of likely N-dealkylation sites (N-methyl/N-ethyl adjacent to an activating group) is 1. The first-order chi connectivity index (χ1) is 13.5. The van der Waals surface area contributed by atoms with Gasteiger partial charge in [-0.25, -0.2) is 9.97 Å². The first-order valence-electron chi connectivity index (χ1n) is 10.1. The second-order valence-electron chi connectivity index (χ2n) is 7.87. The van der Waals surface area contributed by atoms with Gasteiger partial charge in [-0.05, 0) is 38.2 Å². The molecule has 1 aliphatic carbocycles. The van der Waals surface area contributed by atoms with E-state index in [1.165, 1.54) is 23.3 Å². The van der Waals surface area contributed by atoms with Crippen molar-refractivity contribution in [2.24, 2.45) is 0 Å². The minimum absolute atomic E-state index is 0.0468. The van der Waals surface area contributed by atoms with Crippen LogP contribution in [-0.2, 0) is 28.9 Å². The van der Waals surface area contributed by atoms with Crippen LogP contribution in [0.4, 0.5) is 5.82 Å². The lowest BCUT2D eigenvalue weighted by atomic mass is 9.97. The van der Waals surface area contributed by atoms with Crippen molar-refractivity contribution in [3.05, 3.63) is 16.3 Å². The topological polar surface area (TPSA) is 70.6 Å². The molecule has 1 saturated heterocycles. The number of nitrogens with zero attached hydrogens (tertiary/aromatic N) is 4. The summed E-state index contributed by atoms with van der Waals surface area (Å²) in [4.78, 5) is 28.7. The highest BCUT2D eigenvalue weighted by atomic mass is 32.1. The Hall–Kier alpha value is -1.77. The fraction of sp³-hybridized carbons (Fsp3) is 0.650. The fourth-order valence-corrected chi connectivity index (χ4v) is 5.27. The van der Waals surface area contributed by atoms with E-state index < -0.39 is 0 Å². The molecule has 3 heterocycles. The van der Waals surface area contributed by atoms with Crippen molar-refractivity contribution in [2.45, 2.75) is 45.2 Å². The predicted molar refractivity (Wildman–Crippen MR) is 112 cm³/mol. The van der Waals surface area contributed by atoms with Crippen LogP contribution in [0.5, 0.6) is 0 Å². The molecule has 28 heavy (non-hydrogen) atoms. The largest absolute Gasteiger partial charge is 0.379 e. The zero-order valence-electron chi connectivity index (χ0n) is 17.0. The SMILES string of the molecule is C[C@H](Nc1nc(CN2CCOCC2)nc2sc3c(c12)CCCC3)C(=O)N(C)C. The van der Waals surface area contributed by atoms with Crippen molar-refractivity contribution in [2.75, 3.05) is 45.7 Å². The van der Waals surface area contributed by atoms with Crippen molar-refractivity contribution >= 4 is 33.3 Å². The highest BCUT2D eigenvalue weighted by molar-refractivity contribution is 7.19. The van der Waals surface area contributed by atoms with Gasteiger partial charge in [-0.3, -0.25) is 9.69 Å². The molecular weight excluding hydrogens is 374 g/mol. The zero-order valence-corrected chi connectivity index (χ0v) is 17.8. The molecule has 0 radical (unpaired) electrons. The number of morpholine rings is 1. The van der Waals surface area contributed by atoms with E-state index in [1.807, 2.05) is 6.92 Å². The Kier molecular flexibility index (Phi) is 5.80. The van der Waals surface area contributed by atoms with Gasteiger partial charge in [0.15, 0.2) is 0 Å². The zero-order chi connectivity index (χ0) is 19.7. The molecule has 1 fully saturated rings. The molecule has 1 amide bonds. The summed E-state index contributed by atoms with van der Waals surface area (Å²) >= 11 is 1.80. The molecule has 1 atom stereocenters. The minimum Gasteiger partial charge on any atom is -0.379 e. The van der Waals surface area contributed by atoms with Gasteiger partial charge in [0, 0.05) is 32.1 Å². The third kappa shape index (κ3) is 3.99. The molecule has 0 saturated carbocycles. The van der Waals surface area contributed by atoms with Crippen molar-refractivity contribution in [3.8, 4) is 0 Å². The first kappa shape index (κ1) is 19.5. The van der Waals surface area contributed by atoms with Gasteiger partial charge in [-0.1, -0.05) is 0 Å². The van der Waals surface area contributed by atoms with Gasteiger partial charge < -0.3 is 15.0 Å². The smallest absolute Gasteiger partial charge is 0.244 e. The van der Waals surface area contributed by atoms with Crippen LogP contribution < -0.4 is 5.32 Å². The summed E-state index contributed by atoms with van der Waals surface area (Å²) in [5.41, 5.74) is 1.39. The van der Waals surface area contributed by atoms with E-state index in [4.69, 9.17) is 14.7 Å². The summed E-state index contributed by atoms with van der Waals surface area (Å²) in [5, 5.41) is 4.53. The summed E-state index contributed by atoms with van der Waals surface area (Å²) in [6.45, 7) is 5.94. The molecule has 8 heteroatoms. The van der Waals surface area contributed by atoms with Gasteiger partial charge in [0.2, 0.25) is 5.91 Å². The van der Waals surface area contributed by atoms with E-state index in [0.717, 1.165) is 61.0 Å². The predicted octanol–water partition coefficient (Wildman–Crippen LogP) is 2.29. The van der Waals surface area contributed by atoms with Gasteiger partial charge >= 0.3 is 0 Å². The van der Waals surface area contributed by atoms with E-state index in [0.29, 0.717) is 6.54 Å². The number of aromatic nitrogens is 2. The maximum Gasteiger partial charge on any atom is 0.244 e. The monoisotopic (exact) mass is 403 g/mol. The van der Waals surface area contributed by atoms with Crippen LogP contribution in [0.2, 0.25) is 0 Å². The Morgan fingerprint density at radius 2 is 2.00 bits per heavy atom. The molecule has 152 valence electrons. The van der Waals surface area contributed by atoms with Crippen LogP contribution in [-0.4, -0.2) is 72.1 Å². The van der Waals surface area contributed by atoms with E-state index in [-0.39, 0.29) is 11.9 Å². The second kappa shape index (κ2) is 8.31. The highest BCUT2D eigenvalue weighted by Gasteiger charge is 2.24. The third-order valence-electron chi connectivity index (χ3n) is 5.49. The Bertz CT molecular complexity index is 860. The number of carbonyl (C=O) groups excluding carboxylic acids is 1. The number of aryl methyl sites for hydroxylation is 2. The highest BCUT2D eigenvalue weighted by Crippen LogP contribution is 2.39. The maximum atomic E-state index is 12.4. The number of amides is 1. The van der Waals surface area contributed by atoms with Crippen molar-refractivity contribution in [3.63, 3.8) is 0 Å². The third-order valence-corrected chi connectivity index (χ3v) is 6.68. The van der Waals surface area contributed by atoms with E-state index in [9.17, 15) is 4.79 Å². The lowest BCUT2D eigenvalue weighted by Crippen LogP contribution is -2.37. The Morgan fingerprint density at radius 3 is 2.75 bits per heavy atom. The number of nitrogens with one attached hydrogen (secondary N) is 1. The molecule has 7 nitrogen and oxygen atoms in total. The number of anilines is 1. The number of fused-ring (bicyclic) bond motifs is 3. The van der Waals surface area contributed by atoms with Gasteiger partial charge in [-0.2, -0.15) is 0 Å². The van der Waals surface area contributed by atoms with Crippen LogP contribution in [0.15, 0.2) is 0 Å². The Morgan fingerprint density at radius 1 is 1.25 bits per heavy atom. The van der Waals surface area contributed by atoms with E-state index in [1.54, 1.807) is 30.3 Å². The summed E-state index contributed by atoms with van der Waals surface area (Å²) in [6, 6.07) is -0.330. The van der Waals surface area contributed by atoms with Crippen LogP contribution in [0.3, 0.4) is 0 Å². The van der Waals surface area contributed by atoms with Gasteiger partial charge in [-0.15, -0.1) is 11.3 Å². The van der Waals surface area contributed by atoms with Crippen LogP contribution in [0.1, 0.15) is 36.0 Å². The van der Waals surface area contributed by atoms with Crippen LogP contribution in [0.25, 0.3) is 10.2 Å². The molecular formula is C20H29N5O2S. The summed E-state index contributed by atoms with van der Waals surface area (Å²) in [7, 11) is 3.57. The molecule has 2 aromatic heterocycles. The minimum atomic E-state index is -0.330. The molecule has 2 aromatic rings. The number of hydrogen-bond donors (Lipinski definition) is 1. The number of hydrogen-bond acceptors (Lipinski definition) is 7. The van der Waals surface area contributed by atoms with Gasteiger partial charge in [0.25, 0.3) is 0 Å². The second-order valence-corrected chi connectivity index (χ2v) is 8.95. The average Bonchev–Trinajstić information content (AvgIpc) is 3.06. The quantitative estimate of drug-likeness (QED) is 0.826. The lowest BCUT2D eigenvalue weighted by Gasteiger charge is -2.26. The molecule has 0 spiro atoms. The molecule has 0 unspecified atom stereocenters. The summed E-state index contributed by atoms with van der Waals surface area (Å²) < 4.78 is 5.45. The molecule has 2 aliphatic rings. The molecule has 1 aliphatic heterocycles. The van der Waals surface area contributed by atoms with Crippen molar-refractivity contribution < 1.29 is 9.53 Å². The van der Waals surface area contributed by atoms with Crippen molar-refractivity contribution in [1.82, 2.24) is 19.8 Å². The summed E-state index contributed by atoms with van der Waals surface area (Å²) in [5.74, 6) is 1.68. The lowest BCUT2D eigenvalue weighted by molar-refractivity contribution is -0.129. The molecule has 4 rings (SSSR count). The van der Waals surface area contributed by atoms with Crippen LogP contribution in [0, 0.1) is 0 Å². The van der Waals surface area contributed by atoms with Crippen LogP contribution >= 0.6 is 11.3 Å². The van der Waals surface area contributed by atoms with Gasteiger partial charge in [0.1, 0.15) is 22.5 Å². The Labute approximate surface area is 170 Å². The number of carbonyl (C=O) groups is 1.